The van der Waals surface area contributed by atoms with Crippen LogP contribution in [0.4, 0.5) is 0 Å². The van der Waals surface area contributed by atoms with Crippen LogP contribution in [0.3, 0.4) is 0 Å². The quantitative estimate of drug-likeness (QED) is 0.750. The summed E-state index contributed by atoms with van der Waals surface area (Å²) in [5.41, 5.74) is 12.7. The summed E-state index contributed by atoms with van der Waals surface area (Å²) in [5.74, 6) is 0.901. The Morgan fingerprint density at radius 2 is 1.72 bits per heavy atom. The second-order valence-corrected chi connectivity index (χ2v) is 4.63. The van der Waals surface area contributed by atoms with Crippen molar-refractivity contribution in [1.29, 1.82) is 0 Å². The topological polar surface area (TPSA) is 61.3 Å². The SMILES string of the molecule is CC(C)Oc1ccc([C@@H](N)CCCCN)cc1.Cl. The molecule has 0 spiro atoms. The van der Waals surface area contributed by atoms with Crippen LogP contribution in [0.1, 0.15) is 44.7 Å². The van der Waals surface area contributed by atoms with Gasteiger partial charge in [0.15, 0.2) is 0 Å². The van der Waals surface area contributed by atoms with E-state index in [2.05, 4.69) is 0 Å². The molecule has 104 valence electrons. The van der Waals surface area contributed by atoms with Crippen LogP contribution in [0.2, 0.25) is 0 Å². The molecule has 3 nitrogen and oxygen atoms in total. The standard InChI is InChI=1S/C14H24N2O.ClH/c1-11(2)17-13-8-6-12(7-9-13)14(16)5-3-4-10-15;/h6-9,11,14H,3-5,10,15-16H2,1-2H3;1H/t14-;/m0./s1. The number of halogens is 1. The Bertz CT molecular complexity index is 314. The highest BCUT2D eigenvalue weighted by Crippen LogP contribution is 2.20. The average Bonchev–Trinajstić information content (AvgIpc) is 2.29. The van der Waals surface area contributed by atoms with Crippen LogP contribution in [0.5, 0.6) is 5.75 Å². The summed E-state index contributed by atoms with van der Waals surface area (Å²) >= 11 is 0. The van der Waals surface area contributed by atoms with E-state index in [4.69, 9.17) is 16.2 Å². The molecule has 0 aliphatic heterocycles. The lowest BCUT2D eigenvalue weighted by Crippen LogP contribution is -2.11. The number of hydrogen-bond donors (Lipinski definition) is 2. The lowest BCUT2D eigenvalue weighted by Gasteiger charge is -2.14. The van der Waals surface area contributed by atoms with Gasteiger partial charge in [-0.15, -0.1) is 12.4 Å². The van der Waals surface area contributed by atoms with Gasteiger partial charge in [0.05, 0.1) is 6.10 Å². The van der Waals surface area contributed by atoms with E-state index in [1.54, 1.807) is 0 Å². The normalized spacial score (nSPS) is 12.1. The van der Waals surface area contributed by atoms with Gasteiger partial charge in [-0.2, -0.15) is 0 Å². The fourth-order valence-electron chi connectivity index (χ4n) is 1.74. The lowest BCUT2D eigenvalue weighted by molar-refractivity contribution is 0.242. The van der Waals surface area contributed by atoms with Crippen molar-refractivity contribution in [2.75, 3.05) is 6.54 Å². The van der Waals surface area contributed by atoms with Gasteiger partial charge in [0, 0.05) is 6.04 Å². The van der Waals surface area contributed by atoms with Gasteiger partial charge in [0.2, 0.25) is 0 Å². The summed E-state index contributed by atoms with van der Waals surface area (Å²) in [5, 5.41) is 0. The third-order valence-electron chi connectivity index (χ3n) is 2.65. The first-order valence-corrected chi connectivity index (χ1v) is 6.35. The Morgan fingerprint density at radius 3 is 2.22 bits per heavy atom. The van der Waals surface area contributed by atoms with Gasteiger partial charge in [-0.25, -0.2) is 0 Å². The van der Waals surface area contributed by atoms with E-state index >= 15 is 0 Å². The number of hydrogen-bond acceptors (Lipinski definition) is 3. The maximum Gasteiger partial charge on any atom is 0.119 e. The third-order valence-corrected chi connectivity index (χ3v) is 2.65. The van der Waals surface area contributed by atoms with Crippen LogP contribution in [-0.2, 0) is 0 Å². The molecule has 0 aromatic heterocycles. The van der Waals surface area contributed by atoms with Crippen molar-refractivity contribution < 1.29 is 4.74 Å². The summed E-state index contributed by atoms with van der Waals surface area (Å²) in [4.78, 5) is 0. The number of rotatable bonds is 7. The molecule has 0 fully saturated rings. The van der Waals surface area contributed by atoms with Gasteiger partial charge in [0.25, 0.3) is 0 Å². The molecule has 0 heterocycles. The fraction of sp³-hybridized carbons (Fsp3) is 0.571. The summed E-state index contributed by atoms with van der Waals surface area (Å²) < 4.78 is 5.59. The Hall–Kier alpha value is -0.770. The minimum absolute atomic E-state index is 0. The molecule has 1 aromatic carbocycles. The van der Waals surface area contributed by atoms with E-state index in [1.807, 2.05) is 38.1 Å². The zero-order chi connectivity index (χ0) is 12.7. The molecular formula is C14H25ClN2O. The first-order valence-electron chi connectivity index (χ1n) is 6.35. The zero-order valence-corrected chi connectivity index (χ0v) is 12.1. The molecule has 0 aliphatic rings. The van der Waals surface area contributed by atoms with Gasteiger partial charge in [-0.3, -0.25) is 0 Å². The molecule has 1 atom stereocenters. The molecule has 0 unspecified atom stereocenters. The largest absolute Gasteiger partial charge is 0.491 e. The van der Waals surface area contributed by atoms with Crippen molar-refractivity contribution in [3.8, 4) is 5.75 Å². The van der Waals surface area contributed by atoms with Crippen molar-refractivity contribution >= 4 is 12.4 Å². The third kappa shape index (κ3) is 6.24. The Morgan fingerprint density at radius 1 is 1.11 bits per heavy atom. The average molecular weight is 273 g/mol. The fourth-order valence-corrected chi connectivity index (χ4v) is 1.74. The summed E-state index contributed by atoms with van der Waals surface area (Å²) in [6.45, 7) is 4.78. The molecule has 0 amide bonds. The molecule has 0 aliphatic carbocycles. The maximum atomic E-state index is 6.11. The Labute approximate surface area is 116 Å². The van der Waals surface area contributed by atoms with Crippen LogP contribution < -0.4 is 16.2 Å². The minimum atomic E-state index is 0. The van der Waals surface area contributed by atoms with Crippen LogP contribution in [-0.4, -0.2) is 12.6 Å². The lowest BCUT2D eigenvalue weighted by atomic mass is 10.0. The maximum absolute atomic E-state index is 6.11. The molecule has 0 radical (unpaired) electrons. The number of benzene rings is 1. The van der Waals surface area contributed by atoms with E-state index in [-0.39, 0.29) is 24.6 Å². The molecule has 0 bridgehead atoms. The first-order chi connectivity index (χ1) is 8.13. The highest BCUT2D eigenvalue weighted by molar-refractivity contribution is 5.85. The van der Waals surface area contributed by atoms with Gasteiger partial charge in [-0.1, -0.05) is 18.6 Å². The van der Waals surface area contributed by atoms with E-state index in [0.29, 0.717) is 0 Å². The van der Waals surface area contributed by atoms with E-state index in [0.717, 1.165) is 37.1 Å². The Kier molecular flexibility index (Phi) is 8.81. The Balaban J connectivity index is 0.00000289. The van der Waals surface area contributed by atoms with E-state index in [9.17, 15) is 0 Å². The predicted molar refractivity (Wildman–Crippen MR) is 79.3 cm³/mol. The minimum Gasteiger partial charge on any atom is -0.491 e. The molecule has 1 aromatic rings. The van der Waals surface area contributed by atoms with Crippen LogP contribution in [0.15, 0.2) is 24.3 Å². The van der Waals surface area contributed by atoms with Crippen molar-refractivity contribution in [3.05, 3.63) is 29.8 Å². The van der Waals surface area contributed by atoms with Gasteiger partial charge in [0.1, 0.15) is 5.75 Å². The molecular weight excluding hydrogens is 248 g/mol. The first kappa shape index (κ1) is 17.2. The molecule has 1 rings (SSSR count). The van der Waals surface area contributed by atoms with Crippen molar-refractivity contribution in [2.24, 2.45) is 11.5 Å². The smallest absolute Gasteiger partial charge is 0.119 e. The zero-order valence-electron chi connectivity index (χ0n) is 11.3. The van der Waals surface area contributed by atoms with Gasteiger partial charge < -0.3 is 16.2 Å². The summed E-state index contributed by atoms with van der Waals surface area (Å²) in [7, 11) is 0. The van der Waals surface area contributed by atoms with Gasteiger partial charge >= 0.3 is 0 Å². The highest BCUT2D eigenvalue weighted by atomic mass is 35.5. The second-order valence-electron chi connectivity index (χ2n) is 4.63. The van der Waals surface area contributed by atoms with Crippen LogP contribution >= 0.6 is 12.4 Å². The molecule has 0 saturated heterocycles. The monoisotopic (exact) mass is 272 g/mol. The molecule has 4 heteroatoms. The van der Waals surface area contributed by atoms with Crippen molar-refractivity contribution in [2.45, 2.75) is 45.3 Å². The second kappa shape index (κ2) is 9.20. The molecule has 18 heavy (non-hydrogen) atoms. The summed E-state index contributed by atoms with van der Waals surface area (Å²) in [6.07, 6.45) is 3.32. The van der Waals surface area contributed by atoms with Gasteiger partial charge in [-0.05, 0) is 50.9 Å². The van der Waals surface area contributed by atoms with E-state index in [1.165, 1.54) is 0 Å². The van der Waals surface area contributed by atoms with Crippen LogP contribution in [0.25, 0.3) is 0 Å². The van der Waals surface area contributed by atoms with Crippen molar-refractivity contribution in [1.82, 2.24) is 0 Å². The number of unbranched alkanes of at least 4 members (excludes halogenated alkanes) is 1. The van der Waals surface area contributed by atoms with E-state index < -0.39 is 0 Å². The number of ether oxygens (including phenoxy) is 1. The highest BCUT2D eigenvalue weighted by Gasteiger charge is 2.06. The molecule has 4 N–H and O–H groups in total. The van der Waals surface area contributed by atoms with Crippen molar-refractivity contribution in [3.63, 3.8) is 0 Å². The molecule has 0 saturated carbocycles. The summed E-state index contributed by atoms with van der Waals surface area (Å²) in [6, 6.07) is 8.17. The number of nitrogens with two attached hydrogens (primary N) is 2. The predicted octanol–water partition coefficient (Wildman–Crippen LogP) is 3.02. The van der Waals surface area contributed by atoms with Crippen LogP contribution in [0, 0.1) is 0 Å².